The molecule has 88 valence electrons. The van der Waals surface area contributed by atoms with Crippen LogP contribution in [-0.2, 0) is 9.53 Å². The van der Waals surface area contributed by atoms with E-state index in [0.29, 0.717) is 0 Å². The second-order valence-electron chi connectivity index (χ2n) is 3.29. The zero-order valence-electron chi connectivity index (χ0n) is 10.4. The van der Waals surface area contributed by atoms with Gasteiger partial charge in [-0.1, -0.05) is 23.5 Å². The Kier molecular flexibility index (Phi) is 9.00. The topological polar surface area (TPSA) is 26.3 Å². The van der Waals surface area contributed by atoms with Crippen LogP contribution in [0.4, 0.5) is 0 Å². The predicted molar refractivity (Wildman–Crippen MR) is 69.9 cm³/mol. The van der Waals surface area contributed by atoms with Crippen molar-refractivity contribution in [2.75, 3.05) is 6.61 Å². The van der Waals surface area contributed by atoms with Crippen molar-refractivity contribution in [3.63, 3.8) is 0 Å². The van der Waals surface area contributed by atoms with Crippen molar-refractivity contribution in [2.24, 2.45) is 0 Å². The summed E-state index contributed by atoms with van der Waals surface area (Å²) in [6, 6.07) is 0. The van der Waals surface area contributed by atoms with Crippen molar-refractivity contribution in [3.05, 3.63) is 36.0 Å². The summed E-state index contributed by atoms with van der Waals surface area (Å²) in [5.74, 6) is 10.4. The fraction of sp³-hybridized carbons (Fsp3) is 0.267. The fourth-order valence-corrected chi connectivity index (χ4v) is 0.753. The van der Waals surface area contributed by atoms with E-state index in [9.17, 15) is 4.79 Å². The first-order valence-corrected chi connectivity index (χ1v) is 5.25. The number of ether oxygens (including phenoxy) is 1. The molecule has 0 aliphatic heterocycles. The normalized spacial score (nSPS) is 9.12. The van der Waals surface area contributed by atoms with Gasteiger partial charge in [-0.15, -0.1) is 0 Å². The number of carbonyl (C=O) groups excluding carboxylic acids is 1. The van der Waals surface area contributed by atoms with Crippen LogP contribution in [-0.4, -0.2) is 12.6 Å². The Morgan fingerprint density at radius 2 is 1.82 bits per heavy atom. The molecule has 0 heterocycles. The Morgan fingerprint density at radius 3 is 2.41 bits per heavy atom. The second kappa shape index (κ2) is 10.3. The molecular formula is C15H16O2. The van der Waals surface area contributed by atoms with Crippen molar-refractivity contribution >= 4 is 5.97 Å². The smallest absolute Gasteiger partial charge is 0.330 e. The molecule has 0 saturated heterocycles. The van der Waals surface area contributed by atoms with Gasteiger partial charge in [0.25, 0.3) is 0 Å². The molecule has 2 heteroatoms. The van der Waals surface area contributed by atoms with Gasteiger partial charge < -0.3 is 4.74 Å². The lowest BCUT2D eigenvalue weighted by Gasteiger charge is -1.95. The predicted octanol–water partition coefficient (Wildman–Crippen LogP) is 2.63. The molecule has 0 aromatic heterocycles. The van der Waals surface area contributed by atoms with Crippen LogP contribution in [0, 0.1) is 23.7 Å². The molecular weight excluding hydrogens is 212 g/mol. The number of carbonyl (C=O) groups is 1. The van der Waals surface area contributed by atoms with Crippen LogP contribution in [0.1, 0.15) is 20.8 Å². The number of allylic oxidation sites excluding steroid dienone is 4. The first kappa shape index (κ1) is 14.8. The van der Waals surface area contributed by atoms with E-state index in [4.69, 9.17) is 4.74 Å². The summed E-state index contributed by atoms with van der Waals surface area (Å²) in [5.41, 5.74) is 0.915. The Balaban J connectivity index is 3.88. The average molecular weight is 228 g/mol. The Bertz CT molecular complexity index is 439. The number of hydrogen-bond donors (Lipinski definition) is 0. The molecule has 0 bridgehead atoms. The molecule has 0 fully saturated rings. The van der Waals surface area contributed by atoms with E-state index < -0.39 is 0 Å². The Hall–Kier alpha value is -2.19. The molecule has 0 N–H and O–H groups in total. The summed E-state index contributed by atoms with van der Waals surface area (Å²) in [5, 5.41) is 0. The molecule has 0 aliphatic rings. The lowest BCUT2D eigenvalue weighted by molar-refractivity contribution is -0.136. The molecule has 0 aliphatic carbocycles. The first-order valence-electron chi connectivity index (χ1n) is 5.25. The van der Waals surface area contributed by atoms with E-state index in [1.165, 1.54) is 6.08 Å². The second-order valence-corrected chi connectivity index (χ2v) is 3.29. The Labute approximate surface area is 103 Å². The van der Waals surface area contributed by atoms with Crippen molar-refractivity contribution in [3.8, 4) is 23.7 Å². The van der Waals surface area contributed by atoms with Crippen LogP contribution in [0.15, 0.2) is 36.0 Å². The van der Waals surface area contributed by atoms with Crippen LogP contribution in [0.3, 0.4) is 0 Å². The highest BCUT2D eigenvalue weighted by molar-refractivity contribution is 5.82. The number of rotatable bonds is 3. The van der Waals surface area contributed by atoms with Crippen molar-refractivity contribution < 1.29 is 9.53 Å². The van der Waals surface area contributed by atoms with Gasteiger partial charge in [0.1, 0.15) is 6.61 Å². The zero-order chi connectivity index (χ0) is 12.9. The highest BCUT2D eigenvalue weighted by atomic mass is 16.5. The van der Waals surface area contributed by atoms with Crippen LogP contribution in [0.25, 0.3) is 0 Å². The Morgan fingerprint density at radius 1 is 1.18 bits per heavy atom. The summed E-state index contributed by atoms with van der Waals surface area (Å²) in [4.78, 5) is 11.1. The molecule has 0 aromatic carbocycles. The minimum absolute atomic E-state index is 0.222. The molecule has 2 nitrogen and oxygen atoms in total. The number of esters is 1. The van der Waals surface area contributed by atoms with E-state index in [1.54, 1.807) is 18.2 Å². The van der Waals surface area contributed by atoms with E-state index in [1.807, 2.05) is 26.8 Å². The van der Waals surface area contributed by atoms with E-state index in [-0.39, 0.29) is 12.6 Å². The lowest BCUT2D eigenvalue weighted by Crippen LogP contribution is -2.00. The summed E-state index contributed by atoms with van der Waals surface area (Å²) >= 11 is 0. The quantitative estimate of drug-likeness (QED) is 0.421. The third kappa shape index (κ3) is 11.7. The van der Waals surface area contributed by atoms with Gasteiger partial charge in [-0.3, -0.25) is 0 Å². The molecule has 0 radical (unpaired) electrons. The van der Waals surface area contributed by atoms with E-state index in [0.717, 1.165) is 5.57 Å². The highest BCUT2D eigenvalue weighted by Gasteiger charge is 1.93. The third-order valence-corrected chi connectivity index (χ3v) is 1.39. The average Bonchev–Trinajstić information content (AvgIpc) is 2.26. The third-order valence-electron chi connectivity index (χ3n) is 1.39. The van der Waals surface area contributed by atoms with Gasteiger partial charge in [0, 0.05) is 6.08 Å². The van der Waals surface area contributed by atoms with Crippen molar-refractivity contribution in [2.45, 2.75) is 20.8 Å². The summed E-state index contributed by atoms with van der Waals surface area (Å²) in [6.07, 6.45) is 8.29. The minimum atomic E-state index is -0.338. The maximum Gasteiger partial charge on any atom is 0.330 e. The minimum Gasteiger partial charge on any atom is -0.458 e. The molecule has 0 aromatic rings. The monoisotopic (exact) mass is 228 g/mol. The van der Waals surface area contributed by atoms with Gasteiger partial charge >= 0.3 is 5.97 Å². The van der Waals surface area contributed by atoms with Crippen molar-refractivity contribution in [1.82, 2.24) is 0 Å². The maximum absolute atomic E-state index is 11.1. The van der Waals surface area contributed by atoms with Crippen LogP contribution < -0.4 is 0 Å². The number of hydrogen-bond acceptors (Lipinski definition) is 2. The zero-order valence-corrected chi connectivity index (χ0v) is 10.4. The fourth-order valence-electron chi connectivity index (χ4n) is 0.753. The SMILES string of the molecule is CC=CC#CC#CC=CCOC(=O)C=C(C)C. The molecule has 0 rings (SSSR count). The van der Waals surface area contributed by atoms with Gasteiger partial charge in [0.2, 0.25) is 0 Å². The molecule has 17 heavy (non-hydrogen) atoms. The summed E-state index contributed by atoms with van der Waals surface area (Å²) in [6.45, 7) is 5.79. The van der Waals surface area contributed by atoms with Gasteiger partial charge in [-0.2, -0.15) is 0 Å². The standard InChI is InChI=1S/C15H16O2/c1-4-5-6-7-8-9-10-11-12-17-15(16)13-14(2)3/h4-5,10-11,13H,12H2,1-3H3. The van der Waals surface area contributed by atoms with Gasteiger partial charge in [-0.05, 0) is 50.8 Å². The lowest BCUT2D eigenvalue weighted by atomic mass is 10.3. The molecule has 0 amide bonds. The van der Waals surface area contributed by atoms with Gasteiger partial charge in [0.15, 0.2) is 0 Å². The van der Waals surface area contributed by atoms with Crippen LogP contribution in [0.5, 0.6) is 0 Å². The van der Waals surface area contributed by atoms with Gasteiger partial charge in [0.05, 0.1) is 0 Å². The molecule has 0 saturated carbocycles. The summed E-state index contributed by atoms with van der Waals surface area (Å²) in [7, 11) is 0. The van der Waals surface area contributed by atoms with E-state index in [2.05, 4.69) is 23.7 Å². The first-order chi connectivity index (χ1) is 8.16. The summed E-state index contributed by atoms with van der Waals surface area (Å²) < 4.78 is 4.88. The van der Waals surface area contributed by atoms with Crippen LogP contribution in [0.2, 0.25) is 0 Å². The van der Waals surface area contributed by atoms with Gasteiger partial charge in [-0.25, -0.2) is 4.79 Å². The maximum atomic E-state index is 11.1. The molecule has 0 atom stereocenters. The van der Waals surface area contributed by atoms with E-state index >= 15 is 0 Å². The molecule has 0 unspecified atom stereocenters. The van der Waals surface area contributed by atoms with Crippen molar-refractivity contribution in [1.29, 1.82) is 0 Å². The largest absolute Gasteiger partial charge is 0.458 e. The molecule has 0 spiro atoms. The highest BCUT2D eigenvalue weighted by Crippen LogP contribution is 1.90. The van der Waals surface area contributed by atoms with Crippen LogP contribution >= 0.6 is 0 Å².